The normalized spacial score (nSPS) is 10.2. The van der Waals surface area contributed by atoms with Gasteiger partial charge in [0.1, 0.15) is 0 Å². The summed E-state index contributed by atoms with van der Waals surface area (Å²) in [5.41, 5.74) is 0. The summed E-state index contributed by atoms with van der Waals surface area (Å²) in [6.45, 7) is 0.801. The summed E-state index contributed by atoms with van der Waals surface area (Å²) in [7, 11) is 0. The van der Waals surface area contributed by atoms with Crippen LogP contribution >= 0.6 is 35.0 Å². The van der Waals surface area contributed by atoms with Gasteiger partial charge in [0.15, 0.2) is 11.0 Å². The van der Waals surface area contributed by atoms with Crippen molar-refractivity contribution in [3.05, 3.63) is 10.4 Å². The van der Waals surface area contributed by atoms with Crippen molar-refractivity contribution >= 4 is 40.8 Å². The zero-order valence-corrected chi connectivity index (χ0v) is 9.96. The minimum Gasteiger partial charge on any atom is -0.367 e. The van der Waals surface area contributed by atoms with Gasteiger partial charge >= 0.3 is 0 Å². The molecule has 0 saturated carbocycles. The Balaban J connectivity index is 2.45. The van der Waals surface area contributed by atoms with Crippen LogP contribution in [0.15, 0.2) is 0 Å². The van der Waals surface area contributed by atoms with E-state index in [0.29, 0.717) is 5.82 Å². The topological polar surface area (TPSA) is 50.7 Å². The Kier molecular flexibility index (Phi) is 5.29. The average Bonchev–Trinajstić information content (AvgIpc) is 2.18. The number of halogens is 2. The summed E-state index contributed by atoms with van der Waals surface area (Å²) in [6.07, 6.45) is 3.11. The van der Waals surface area contributed by atoms with Gasteiger partial charge in [-0.05, 0) is 30.0 Å². The third-order valence-electron chi connectivity index (χ3n) is 1.44. The molecule has 1 aromatic rings. The van der Waals surface area contributed by atoms with E-state index < -0.39 is 0 Å². The van der Waals surface area contributed by atoms with Crippen molar-refractivity contribution in [2.75, 3.05) is 23.9 Å². The van der Waals surface area contributed by atoms with E-state index in [0.717, 1.165) is 18.7 Å². The smallest absolute Gasteiger partial charge is 0.245 e. The summed E-state index contributed by atoms with van der Waals surface area (Å²) in [4.78, 5) is 3.91. The van der Waals surface area contributed by atoms with Gasteiger partial charge in [0, 0.05) is 6.54 Å². The third-order valence-corrected chi connectivity index (χ3v) is 2.55. The zero-order valence-electron chi connectivity index (χ0n) is 7.63. The lowest BCUT2D eigenvalue weighted by Gasteiger charge is -2.05. The highest BCUT2D eigenvalue weighted by atomic mass is 35.5. The third kappa shape index (κ3) is 3.86. The fourth-order valence-corrected chi connectivity index (χ4v) is 1.53. The number of nitrogens with one attached hydrogen (secondary N) is 1. The molecule has 0 aromatic carbocycles. The van der Waals surface area contributed by atoms with Crippen LogP contribution in [0, 0.1) is 0 Å². The molecule has 0 atom stereocenters. The number of hydrogen-bond donors (Lipinski definition) is 1. The van der Waals surface area contributed by atoms with Gasteiger partial charge in [-0.2, -0.15) is 16.7 Å². The molecule has 1 heterocycles. The van der Waals surface area contributed by atoms with Crippen LogP contribution in [-0.4, -0.2) is 33.7 Å². The lowest BCUT2D eigenvalue weighted by molar-refractivity contribution is 0.936. The molecule has 0 saturated heterocycles. The van der Waals surface area contributed by atoms with E-state index in [2.05, 4.69) is 26.8 Å². The number of anilines is 1. The number of hydrogen-bond acceptors (Lipinski definition) is 5. The maximum Gasteiger partial charge on any atom is 0.245 e. The van der Waals surface area contributed by atoms with Crippen LogP contribution in [0.2, 0.25) is 10.4 Å². The molecule has 1 rings (SSSR count). The van der Waals surface area contributed by atoms with E-state index in [-0.39, 0.29) is 10.4 Å². The van der Waals surface area contributed by atoms with Crippen LogP contribution in [0.4, 0.5) is 5.82 Å². The maximum atomic E-state index is 5.75. The monoisotopic (exact) mass is 252 g/mol. The van der Waals surface area contributed by atoms with Gasteiger partial charge in [-0.25, -0.2) is 0 Å². The molecule has 0 aliphatic carbocycles. The van der Waals surface area contributed by atoms with Gasteiger partial charge in [-0.3, -0.25) is 0 Å². The van der Waals surface area contributed by atoms with Crippen molar-refractivity contribution < 1.29 is 0 Å². The Morgan fingerprint density at radius 3 is 2.86 bits per heavy atom. The van der Waals surface area contributed by atoms with Crippen LogP contribution < -0.4 is 5.32 Å². The van der Waals surface area contributed by atoms with Gasteiger partial charge < -0.3 is 5.32 Å². The summed E-state index contributed by atoms with van der Waals surface area (Å²) < 4.78 is 0. The first-order valence-corrected chi connectivity index (χ1v) is 6.17. The molecule has 0 aliphatic heterocycles. The highest BCUT2D eigenvalue weighted by molar-refractivity contribution is 7.98. The summed E-state index contributed by atoms with van der Waals surface area (Å²) >= 11 is 13.1. The predicted octanol–water partition coefficient (Wildman–Crippen LogP) is 2.34. The molecule has 0 bridgehead atoms. The fraction of sp³-hybridized carbons (Fsp3) is 0.571. The lowest BCUT2D eigenvalue weighted by Crippen LogP contribution is -2.06. The van der Waals surface area contributed by atoms with Crippen LogP contribution in [0.3, 0.4) is 0 Å². The van der Waals surface area contributed by atoms with Crippen LogP contribution in [0.1, 0.15) is 6.42 Å². The van der Waals surface area contributed by atoms with Crippen molar-refractivity contribution in [3.8, 4) is 0 Å². The zero-order chi connectivity index (χ0) is 10.4. The number of thioether (sulfide) groups is 1. The van der Waals surface area contributed by atoms with E-state index in [4.69, 9.17) is 23.2 Å². The van der Waals surface area contributed by atoms with Crippen LogP contribution in [-0.2, 0) is 0 Å². The van der Waals surface area contributed by atoms with E-state index >= 15 is 0 Å². The second-order valence-corrected chi connectivity index (χ2v) is 4.18. The molecule has 0 fully saturated rings. The highest BCUT2D eigenvalue weighted by Gasteiger charge is 2.04. The summed E-state index contributed by atoms with van der Waals surface area (Å²) in [5, 5.41) is 10.5. The second kappa shape index (κ2) is 6.27. The first-order valence-electron chi connectivity index (χ1n) is 4.02. The maximum absolute atomic E-state index is 5.75. The minimum atomic E-state index is 0.0989. The first-order chi connectivity index (χ1) is 6.74. The van der Waals surface area contributed by atoms with Gasteiger partial charge in [0.05, 0.1) is 0 Å². The number of rotatable bonds is 5. The summed E-state index contributed by atoms with van der Waals surface area (Å²) in [5.74, 6) is 1.59. The molecule has 1 aromatic heterocycles. The molecule has 14 heavy (non-hydrogen) atoms. The quantitative estimate of drug-likeness (QED) is 0.816. The number of nitrogens with zero attached hydrogens (tertiary/aromatic N) is 3. The predicted molar refractivity (Wildman–Crippen MR) is 61.3 cm³/mol. The second-order valence-electron chi connectivity index (χ2n) is 2.49. The van der Waals surface area contributed by atoms with Gasteiger partial charge in [-0.15, -0.1) is 10.2 Å². The minimum absolute atomic E-state index is 0.0989. The van der Waals surface area contributed by atoms with Crippen LogP contribution in [0.5, 0.6) is 0 Å². The largest absolute Gasteiger partial charge is 0.367 e. The molecule has 0 unspecified atom stereocenters. The van der Waals surface area contributed by atoms with Crippen molar-refractivity contribution in [3.63, 3.8) is 0 Å². The average molecular weight is 253 g/mol. The molecule has 0 aliphatic rings. The van der Waals surface area contributed by atoms with Crippen molar-refractivity contribution in [2.24, 2.45) is 0 Å². The molecular formula is C7H10Cl2N4S. The molecule has 0 spiro atoms. The van der Waals surface area contributed by atoms with E-state index in [1.54, 1.807) is 11.8 Å². The standard InChI is InChI=1S/C7H10Cl2N4S/c1-14-4-2-3-10-6-5(8)12-13-7(9)11-6/h2-4H2,1H3,(H,10,11,13). The molecule has 78 valence electrons. The Labute approximate surface area is 96.8 Å². The van der Waals surface area contributed by atoms with Crippen molar-refractivity contribution in [1.82, 2.24) is 15.2 Å². The molecule has 0 radical (unpaired) electrons. The van der Waals surface area contributed by atoms with E-state index in [1.807, 2.05) is 0 Å². The SMILES string of the molecule is CSCCCNc1nc(Cl)nnc1Cl. The molecule has 0 amide bonds. The fourth-order valence-electron chi connectivity index (χ4n) is 0.829. The van der Waals surface area contributed by atoms with Gasteiger partial charge in [0.2, 0.25) is 5.28 Å². The van der Waals surface area contributed by atoms with E-state index in [1.165, 1.54) is 0 Å². The molecule has 1 N–H and O–H groups in total. The van der Waals surface area contributed by atoms with Gasteiger partial charge in [0.25, 0.3) is 0 Å². The summed E-state index contributed by atoms with van der Waals surface area (Å²) in [6, 6.07) is 0. The first kappa shape index (κ1) is 11.8. The van der Waals surface area contributed by atoms with Crippen LogP contribution in [0.25, 0.3) is 0 Å². The van der Waals surface area contributed by atoms with Gasteiger partial charge in [-0.1, -0.05) is 11.6 Å². The Bertz CT molecular complexity index is 297. The Morgan fingerprint density at radius 2 is 2.14 bits per heavy atom. The molecule has 7 heteroatoms. The lowest BCUT2D eigenvalue weighted by atomic mass is 10.5. The molecular weight excluding hydrogens is 243 g/mol. The van der Waals surface area contributed by atoms with Crippen molar-refractivity contribution in [1.29, 1.82) is 0 Å². The van der Waals surface area contributed by atoms with E-state index in [9.17, 15) is 0 Å². The highest BCUT2D eigenvalue weighted by Crippen LogP contribution is 2.16. The Hall–Kier alpha value is -0.260. The Morgan fingerprint density at radius 1 is 1.36 bits per heavy atom. The number of aromatic nitrogens is 3. The van der Waals surface area contributed by atoms with Crippen molar-refractivity contribution in [2.45, 2.75) is 6.42 Å². The molecule has 4 nitrogen and oxygen atoms in total.